The Balaban J connectivity index is 1.61. The van der Waals surface area contributed by atoms with Crippen molar-refractivity contribution in [3.8, 4) is 11.1 Å². The number of ether oxygens (including phenoxy) is 1. The number of carbonyl (C=O) groups excluding carboxylic acids is 4. The van der Waals surface area contributed by atoms with Crippen LogP contribution in [0.15, 0.2) is 36.7 Å². The van der Waals surface area contributed by atoms with Gasteiger partial charge >= 0.3 is 5.97 Å². The summed E-state index contributed by atoms with van der Waals surface area (Å²) >= 11 is 0. The molecule has 0 aliphatic carbocycles. The number of carbonyl (C=O) groups is 4. The van der Waals surface area contributed by atoms with Crippen LogP contribution in [0.4, 0.5) is 0 Å². The molecule has 1 saturated heterocycles. The molecule has 2 aliphatic heterocycles. The summed E-state index contributed by atoms with van der Waals surface area (Å²) in [5, 5.41) is 11.3. The van der Waals surface area contributed by atoms with Crippen molar-refractivity contribution in [1.29, 1.82) is 0 Å². The lowest BCUT2D eigenvalue weighted by Gasteiger charge is -2.35. The fourth-order valence-corrected chi connectivity index (χ4v) is 4.64. The third kappa shape index (κ3) is 6.39. The van der Waals surface area contributed by atoms with E-state index in [1.165, 1.54) is 5.01 Å². The minimum Gasteiger partial charge on any atom is -0.457 e. The van der Waals surface area contributed by atoms with Crippen LogP contribution in [0, 0.1) is 5.92 Å². The number of fused-ring (bicyclic) bond motifs is 7. The van der Waals surface area contributed by atoms with Gasteiger partial charge in [0, 0.05) is 31.3 Å². The van der Waals surface area contributed by atoms with E-state index in [4.69, 9.17) is 4.74 Å². The van der Waals surface area contributed by atoms with Crippen LogP contribution in [0.25, 0.3) is 11.1 Å². The third-order valence-electron chi connectivity index (χ3n) is 6.92. The Morgan fingerprint density at radius 3 is 2.61 bits per heavy atom. The van der Waals surface area contributed by atoms with Crippen LogP contribution in [0.2, 0.25) is 0 Å². The van der Waals surface area contributed by atoms with Crippen molar-refractivity contribution < 1.29 is 23.9 Å². The molecule has 0 saturated carbocycles. The van der Waals surface area contributed by atoms with E-state index in [1.807, 2.05) is 51.2 Å². The minimum absolute atomic E-state index is 0.137. The quantitative estimate of drug-likeness (QED) is 0.484. The molecule has 11 nitrogen and oxygen atoms in total. The lowest BCUT2D eigenvalue weighted by molar-refractivity contribution is -0.157. The number of cyclic esters (lactones) is 1. The summed E-state index contributed by atoms with van der Waals surface area (Å²) in [6.07, 6.45) is 4.34. The number of rotatable bonds is 1. The first-order chi connectivity index (χ1) is 18.1. The molecule has 0 unspecified atom stereocenters. The van der Waals surface area contributed by atoms with Crippen LogP contribution < -0.4 is 16.1 Å². The van der Waals surface area contributed by atoms with E-state index in [2.05, 4.69) is 21.2 Å². The summed E-state index contributed by atoms with van der Waals surface area (Å²) in [6.45, 7) is 7.79. The van der Waals surface area contributed by atoms with Crippen molar-refractivity contribution in [2.75, 3.05) is 6.54 Å². The van der Waals surface area contributed by atoms with Crippen LogP contribution in [-0.4, -0.2) is 63.2 Å². The van der Waals surface area contributed by atoms with Gasteiger partial charge in [-0.3, -0.25) is 28.9 Å². The molecule has 3 N–H and O–H groups in total. The molecule has 11 heteroatoms. The van der Waals surface area contributed by atoms with Gasteiger partial charge in [-0.05, 0) is 49.8 Å². The highest BCUT2D eigenvalue weighted by Crippen LogP contribution is 2.25. The fraction of sp³-hybridized carbons (Fsp3) is 0.519. The van der Waals surface area contributed by atoms with E-state index < -0.39 is 36.1 Å². The molecule has 0 radical (unpaired) electrons. The summed E-state index contributed by atoms with van der Waals surface area (Å²) in [4.78, 5) is 51.8. The smallest absolute Gasteiger partial charge is 0.325 e. The molecule has 3 heterocycles. The van der Waals surface area contributed by atoms with Crippen molar-refractivity contribution in [3.05, 3.63) is 42.2 Å². The van der Waals surface area contributed by atoms with Gasteiger partial charge in [-0.1, -0.05) is 32.0 Å². The van der Waals surface area contributed by atoms with Gasteiger partial charge in [-0.25, -0.2) is 5.43 Å². The number of amides is 3. The van der Waals surface area contributed by atoms with Crippen LogP contribution in [0.5, 0.6) is 0 Å². The molecule has 4 rings (SSSR count). The number of aryl methyl sites for hydroxylation is 1. The molecular formula is C27H36N6O5. The number of nitrogens with one attached hydrogen (secondary N) is 3. The molecule has 2 aliphatic rings. The maximum Gasteiger partial charge on any atom is 0.325 e. The Morgan fingerprint density at radius 2 is 1.84 bits per heavy atom. The summed E-state index contributed by atoms with van der Waals surface area (Å²) < 4.78 is 7.45. The van der Waals surface area contributed by atoms with E-state index in [0.717, 1.165) is 16.7 Å². The number of nitrogens with zero attached hydrogens (tertiary/aromatic N) is 3. The monoisotopic (exact) mass is 524 g/mol. The van der Waals surface area contributed by atoms with Gasteiger partial charge in [0.05, 0.1) is 6.20 Å². The van der Waals surface area contributed by atoms with E-state index in [1.54, 1.807) is 17.8 Å². The van der Waals surface area contributed by atoms with Gasteiger partial charge in [0.25, 0.3) is 5.91 Å². The Bertz CT molecular complexity index is 1190. The average molecular weight is 525 g/mol. The second-order valence-corrected chi connectivity index (χ2v) is 10.3. The first-order valence-corrected chi connectivity index (χ1v) is 13.1. The zero-order chi connectivity index (χ0) is 27.4. The van der Waals surface area contributed by atoms with E-state index in [-0.39, 0.29) is 24.2 Å². The van der Waals surface area contributed by atoms with Gasteiger partial charge in [0.15, 0.2) is 0 Å². The number of benzene rings is 1. The van der Waals surface area contributed by atoms with E-state index in [0.29, 0.717) is 25.9 Å². The zero-order valence-electron chi connectivity index (χ0n) is 22.3. The lowest BCUT2D eigenvalue weighted by atomic mass is 10.0. The summed E-state index contributed by atoms with van der Waals surface area (Å²) in [5.74, 6) is -1.74. The van der Waals surface area contributed by atoms with Crippen LogP contribution in [-0.2, 0) is 30.5 Å². The molecule has 1 fully saturated rings. The van der Waals surface area contributed by atoms with Crippen LogP contribution in [0.3, 0.4) is 0 Å². The van der Waals surface area contributed by atoms with E-state index in [9.17, 15) is 19.2 Å². The van der Waals surface area contributed by atoms with Crippen molar-refractivity contribution in [1.82, 2.24) is 30.8 Å². The molecule has 4 atom stereocenters. The summed E-state index contributed by atoms with van der Waals surface area (Å²) in [7, 11) is 0. The molecule has 204 valence electrons. The van der Waals surface area contributed by atoms with Crippen LogP contribution in [0.1, 0.15) is 58.6 Å². The number of hydrogen-bond donors (Lipinski definition) is 3. The second kappa shape index (κ2) is 11.8. The molecule has 38 heavy (non-hydrogen) atoms. The first kappa shape index (κ1) is 27.3. The number of hydrazine groups is 1. The predicted octanol–water partition coefficient (Wildman–Crippen LogP) is 1.70. The topological polar surface area (TPSA) is 135 Å². The zero-order valence-corrected chi connectivity index (χ0v) is 22.3. The molecular weight excluding hydrogens is 488 g/mol. The highest BCUT2D eigenvalue weighted by molar-refractivity contribution is 5.92. The Labute approximate surface area is 222 Å². The maximum atomic E-state index is 13.1. The normalized spacial score (nSPS) is 25.8. The molecule has 2 aromatic rings. The summed E-state index contributed by atoms with van der Waals surface area (Å²) in [6, 6.07) is 5.34. The van der Waals surface area contributed by atoms with Gasteiger partial charge in [0.2, 0.25) is 11.8 Å². The van der Waals surface area contributed by atoms with Gasteiger partial charge < -0.3 is 15.4 Å². The maximum absolute atomic E-state index is 13.1. The number of aromatic nitrogens is 2. The average Bonchev–Trinajstić information content (AvgIpc) is 3.38. The van der Waals surface area contributed by atoms with Gasteiger partial charge in [0.1, 0.15) is 24.2 Å². The Kier molecular flexibility index (Phi) is 8.45. The van der Waals surface area contributed by atoms with Crippen molar-refractivity contribution in [2.24, 2.45) is 5.92 Å². The van der Waals surface area contributed by atoms with Crippen LogP contribution >= 0.6 is 0 Å². The van der Waals surface area contributed by atoms with Crippen molar-refractivity contribution in [2.45, 2.75) is 77.7 Å². The highest BCUT2D eigenvalue weighted by Gasteiger charge is 2.33. The standard InChI is InChI=1S/C27H36N6O5/c1-16(2)24-25(35)29-17(3)26(36)33-11-6-9-22(31-33)27(37)38-18(4)19-7-5-8-20(13-19)21-14-28-32(15-21)12-10-23(34)30-24/h5,7-8,13-18,22,24,31H,6,9-12H2,1-4H3,(H,29,35)(H,30,34)/t17-,18+,22-,24-/m0/s1. The molecule has 3 amide bonds. The number of esters is 1. The number of hydrogen-bond acceptors (Lipinski definition) is 7. The minimum atomic E-state index is -0.860. The molecule has 6 bridgehead atoms. The second-order valence-electron chi connectivity index (χ2n) is 10.3. The summed E-state index contributed by atoms with van der Waals surface area (Å²) in [5.41, 5.74) is 5.58. The fourth-order valence-electron chi connectivity index (χ4n) is 4.64. The first-order valence-electron chi connectivity index (χ1n) is 13.1. The SMILES string of the molecule is CC(C)[C@@H]1NC(=O)CCn2cc(cn2)-c2cccc(c2)[C@@H](C)OC(=O)[C@@H]2CCCN(N2)C(=O)[C@H](C)NC1=O. The van der Waals surface area contributed by atoms with E-state index >= 15 is 0 Å². The lowest BCUT2D eigenvalue weighted by Crippen LogP contribution is -2.61. The van der Waals surface area contributed by atoms with Crippen molar-refractivity contribution in [3.63, 3.8) is 0 Å². The highest BCUT2D eigenvalue weighted by atomic mass is 16.5. The molecule has 1 aromatic heterocycles. The predicted molar refractivity (Wildman–Crippen MR) is 139 cm³/mol. The largest absolute Gasteiger partial charge is 0.457 e. The van der Waals surface area contributed by atoms with Gasteiger partial charge in [-0.15, -0.1) is 0 Å². The molecule has 0 spiro atoms. The third-order valence-corrected chi connectivity index (χ3v) is 6.92. The Morgan fingerprint density at radius 1 is 1.05 bits per heavy atom. The van der Waals surface area contributed by atoms with Gasteiger partial charge in [-0.2, -0.15) is 5.10 Å². The Hall–Kier alpha value is -3.73. The van der Waals surface area contributed by atoms with Crippen molar-refractivity contribution >= 4 is 23.7 Å². The molecule has 1 aromatic carbocycles.